The van der Waals surface area contributed by atoms with Gasteiger partial charge in [0.15, 0.2) is 11.7 Å². The van der Waals surface area contributed by atoms with E-state index in [2.05, 4.69) is 30.8 Å². The average Bonchev–Trinajstić information content (AvgIpc) is 3.57. The van der Waals surface area contributed by atoms with Crippen LogP contribution in [0.2, 0.25) is 0 Å². The normalized spacial score (nSPS) is 14.1. The fraction of sp³-hybridized carbons (Fsp3) is 0.409. The molecule has 0 unspecified atom stereocenters. The quantitative estimate of drug-likeness (QED) is 0.221. The number of benzene rings is 1. The van der Waals surface area contributed by atoms with Crippen molar-refractivity contribution < 1.29 is 13.9 Å². The van der Waals surface area contributed by atoms with E-state index in [9.17, 15) is 0 Å². The number of H-pyrrole nitrogens is 1. The van der Waals surface area contributed by atoms with Crippen molar-refractivity contribution in [2.45, 2.75) is 44.9 Å². The summed E-state index contributed by atoms with van der Waals surface area (Å²) in [6, 6.07) is 9.55. The number of furan rings is 1. The van der Waals surface area contributed by atoms with Crippen LogP contribution in [0.4, 0.5) is 0 Å². The van der Waals surface area contributed by atoms with Gasteiger partial charge in [-0.3, -0.25) is 10.1 Å². The Hall–Kier alpha value is -2.76. The maximum Gasteiger partial charge on any atom is 0.216 e. The molecule has 1 fully saturated rings. The molecule has 2 aromatic heterocycles. The molecule has 0 aliphatic heterocycles. The molecule has 32 heavy (non-hydrogen) atoms. The lowest BCUT2D eigenvalue weighted by Gasteiger charge is -2.18. The number of aromatic nitrogens is 3. The van der Waals surface area contributed by atoms with E-state index in [-0.39, 0.29) is 30.1 Å². The van der Waals surface area contributed by atoms with Gasteiger partial charge in [-0.1, -0.05) is 0 Å². The summed E-state index contributed by atoms with van der Waals surface area (Å²) in [5, 5.41) is 13.7. The van der Waals surface area contributed by atoms with Crippen molar-refractivity contribution in [2.75, 3.05) is 14.2 Å². The summed E-state index contributed by atoms with van der Waals surface area (Å²) in [4.78, 5) is 8.72. The SMILES string of the molecule is CN=C(NCc1nc(-c2ccco2)n[nH]1)NCc1ccc(OC)cc1OC1CCCC1.I. The second kappa shape index (κ2) is 11.7. The molecule has 4 rings (SSSR count). The van der Waals surface area contributed by atoms with Crippen molar-refractivity contribution in [1.82, 2.24) is 25.8 Å². The zero-order valence-corrected chi connectivity index (χ0v) is 20.6. The second-order valence-corrected chi connectivity index (χ2v) is 7.36. The molecular weight excluding hydrogens is 523 g/mol. The summed E-state index contributed by atoms with van der Waals surface area (Å²) in [6.45, 7) is 1.02. The molecule has 0 spiro atoms. The molecule has 1 saturated carbocycles. The Morgan fingerprint density at radius 3 is 2.75 bits per heavy atom. The van der Waals surface area contributed by atoms with Crippen molar-refractivity contribution in [3.8, 4) is 23.1 Å². The standard InChI is InChI=1S/C22H28N6O3.HI/c1-23-22(25-14-20-26-21(28-27-20)18-8-5-11-30-18)24-13-15-9-10-17(29-2)12-19(15)31-16-6-3-4-7-16;/h5,8-12,16H,3-4,6-7,13-14H2,1-2H3,(H2,23,24,25)(H,26,27,28);1H. The minimum Gasteiger partial charge on any atom is -0.497 e. The van der Waals surface area contributed by atoms with E-state index in [1.165, 1.54) is 12.8 Å². The molecule has 0 radical (unpaired) electrons. The van der Waals surface area contributed by atoms with Crippen molar-refractivity contribution in [3.63, 3.8) is 0 Å². The highest BCUT2D eigenvalue weighted by atomic mass is 127. The molecule has 172 valence electrons. The van der Waals surface area contributed by atoms with Crippen LogP contribution in [-0.4, -0.2) is 41.4 Å². The summed E-state index contributed by atoms with van der Waals surface area (Å²) in [7, 11) is 3.40. The molecular formula is C22H29IN6O3. The van der Waals surface area contributed by atoms with E-state index < -0.39 is 0 Å². The van der Waals surface area contributed by atoms with E-state index in [1.807, 2.05) is 24.3 Å². The Bertz CT molecular complexity index is 999. The smallest absolute Gasteiger partial charge is 0.216 e. The number of hydrogen-bond acceptors (Lipinski definition) is 6. The van der Waals surface area contributed by atoms with Crippen molar-refractivity contribution >= 4 is 29.9 Å². The van der Waals surface area contributed by atoms with E-state index in [0.29, 0.717) is 36.5 Å². The van der Waals surface area contributed by atoms with Gasteiger partial charge in [-0.15, -0.1) is 29.1 Å². The lowest BCUT2D eigenvalue weighted by Crippen LogP contribution is -2.36. The van der Waals surface area contributed by atoms with Gasteiger partial charge in [0.1, 0.15) is 17.3 Å². The second-order valence-electron chi connectivity index (χ2n) is 7.36. The third kappa shape index (κ3) is 6.15. The monoisotopic (exact) mass is 552 g/mol. The summed E-state index contributed by atoms with van der Waals surface area (Å²) in [5.74, 6) is 4.13. The molecule has 3 N–H and O–H groups in total. The first-order chi connectivity index (χ1) is 15.2. The van der Waals surface area contributed by atoms with Gasteiger partial charge in [0, 0.05) is 25.2 Å². The maximum atomic E-state index is 6.27. The Morgan fingerprint density at radius 1 is 1.22 bits per heavy atom. The van der Waals surface area contributed by atoms with Crippen LogP contribution in [0.25, 0.3) is 11.6 Å². The van der Waals surface area contributed by atoms with Crippen LogP contribution in [0.3, 0.4) is 0 Å². The van der Waals surface area contributed by atoms with Crippen LogP contribution in [0, 0.1) is 0 Å². The highest BCUT2D eigenvalue weighted by Crippen LogP contribution is 2.30. The lowest BCUT2D eigenvalue weighted by molar-refractivity contribution is 0.207. The van der Waals surface area contributed by atoms with Crippen LogP contribution < -0.4 is 20.1 Å². The predicted octanol–water partition coefficient (Wildman–Crippen LogP) is 3.88. The number of aliphatic imine (C=N–C) groups is 1. The Morgan fingerprint density at radius 2 is 2.03 bits per heavy atom. The van der Waals surface area contributed by atoms with Gasteiger partial charge in [0.2, 0.25) is 5.82 Å². The number of ether oxygens (including phenoxy) is 2. The minimum absolute atomic E-state index is 0. The van der Waals surface area contributed by atoms with E-state index >= 15 is 0 Å². The van der Waals surface area contributed by atoms with Crippen LogP contribution in [-0.2, 0) is 13.1 Å². The molecule has 0 amide bonds. The topological polar surface area (TPSA) is 110 Å². The number of rotatable bonds is 8. The molecule has 0 bridgehead atoms. The molecule has 2 heterocycles. The molecule has 0 saturated heterocycles. The molecule has 1 aliphatic carbocycles. The highest BCUT2D eigenvalue weighted by molar-refractivity contribution is 14.0. The molecule has 1 aliphatic rings. The Kier molecular flexibility index (Phi) is 8.77. The maximum absolute atomic E-state index is 6.27. The lowest BCUT2D eigenvalue weighted by atomic mass is 10.2. The first kappa shape index (κ1) is 23.9. The van der Waals surface area contributed by atoms with Gasteiger partial charge in [0.05, 0.1) is 26.0 Å². The summed E-state index contributed by atoms with van der Waals surface area (Å²) in [6.07, 6.45) is 6.52. The number of aromatic amines is 1. The molecule has 10 heteroatoms. The number of hydrogen-bond donors (Lipinski definition) is 3. The van der Waals surface area contributed by atoms with Gasteiger partial charge >= 0.3 is 0 Å². The number of nitrogens with zero attached hydrogens (tertiary/aromatic N) is 3. The molecule has 1 aromatic carbocycles. The van der Waals surface area contributed by atoms with Crippen LogP contribution in [0.5, 0.6) is 11.5 Å². The van der Waals surface area contributed by atoms with Gasteiger partial charge in [-0.2, -0.15) is 0 Å². The minimum atomic E-state index is 0. The first-order valence-corrected chi connectivity index (χ1v) is 10.5. The van der Waals surface area contributed by atoms with E-state index in [4.69, 9.17) is 13.9 Å². The summed E-state index contributed by atoms with van der Waals surface area (Å²) < 4.78 is 17.0. The third-order valence-corrected chi connectivity index (χ3v) is 5.24. The molecule has 0 atom stereocenters. The van der Waals surface area contributed by atoms with Crippen LogP contribution in [0.1, 0.15) is 37.1 Å². The average molecular weight is 552 g/mol. The van der Waals surface area contributed by atoms with Gasteiger partial charge in [-0.25, -0.2) is 4.98 Å². The zero-order chi connectivity index (χ0) is 21.5. The van der Waals surface area contributed by atoms with Gasteiger partial charge < -0.3 is 24.5 Å². The van der Waals surface area contributed by atoms with Gasteiger partial charge in [-0.05, 0) is 49.9 Å². The van der Waals surface area contributed by atoms with Crippen LogP contribution in [0.15, 0.2) is 46.0 Å². The fourth-order valence-corrected chi connectivity index (χ4v) is 3.56. The molecule has 3 aromatic rings. The highest BCUT2D eigenvalue weighted by Gasteiger charge is 2.18. The third-order valence-electron chi connectivity index (χ3n) is 5.24. The van der Waals surface area contributed by atoms with E-state index in [1.54, 1.807) is 26.5 Å². The van der Waals surface area contributed by atoms with Crippen molar-refractivity contribution in [2.24, 2.45) is 4.99 Å². The summed E-state index contributed by atoms with van der Waals surface area (Å²) in [5.41, 5.74) is 1.05. The Labute approximate surface area is 204 Å². The van der Waals surface area contributed by atoms with E-state index in [0.717, 1.165) is 29.9 Å². The number of nitrogens with one attached hydrogen (secondary N) is 3. The largest absolute Gasteiger partial charge is 0.497 e. The van der Waals surface area contributed by atoms with Crippen molar-refractivity contribution in [1.29, 1.82) is 0 Å². The van der Waals surface area contributed by atoms with Crippen LogP contribution >= 0.6 is 24.0 Å². The summed E-state index contributed by atoms with van der Waals surface area (Å²) >= 11 is 0. The molecule has 9 nitrogen and oxygen atoms in total. The fourth-order valence-electron chi connectivity index (χ4n) is 3.56. The zero-order valence-electron chi connectivity index (χ0n) is 18.3. The first-order valence-electron chi connectivity index (χ1n) is 10.5. The van der Waals surface area contributed by atoms with Gasteiger partial charge in [0.25, 0.3) is 0 Å². The predicted molar refractivity (Wildman–Crippen MR) is 132 cm³/mol. The number of halogens is 1. The number of methoxy groups -OCH3 is 1. The number of guanidine groups is 1. The Balaban J connectivity index is 0.00000289. The van der Waals surface area contributed by atoms with Crippen molar-refractivity contribution in [3.05, 3.63) is 48.0 Å².